The zero-order valence-electron chi connectivity index (χ0n) is 13.7. The summed E-state index contributed by atoms with van der Waals surface area (Å²) in [7, 11) is 0. The molecule has 1 aliphatic carbocycles. The van der Waals surface area contributed by atoms with Crippen LogP contribution in [0.15, 0.2) is 54.6 Å². The van der Waals surface area contributed by atoms with Gasteiger partial charge in [-0.2, -0.15) is 0 Å². The van der Waals surface area contributed by atoms with Crippen LogP contribution in [-0.4, -0.2) is 11.4 Å². The third-order valence-electron chi connectivity index (χ3n) is 4.95. The first-order chi connectivity index (χ1) is 11.8. The molecule has 3 nitrogen and oxygen atoms in total. The van der Waals surface area contributed by atoms with E-state index in [1.54, 1.807) is 0 Å². The maximum Gasteiger partial charge on any atom is 0.231 e. The Kier molecular flexibility index (Phi) is 2.96. The van der Waals surface area contributed by atoms with Crippen LogP contribution < -0.4 is 9.47 Å². The van der Waals surface area contributed by atoms with Crippen LogP contribution >= 0.6 is 0 Å². The second-order valence-electron chi connectivity index (χ2n) is 6.63. The molecule has 2 aliphatic rings. The van der Waals surface area contributed by atoms with Crippen LogP contribution in [0.5, 0.6) is 11.5 Å². The molecule has 2 heterocycles. The predicted molar refractivity (Wildman–Crippen MR) is 94.0 cm³/mol. The fourth-order valence-electron chi connectivity index (χ4n) is 3.47. The molecule has 1 saturated carbocycles. The molecular weight excluding hydrogens is 298 g/mol. The van der Waals surface area contributed by atoms with Crippen molar-refractivity contribution >= 4 is 0 Å². The standard InChI is InChI=1S/C21H19NO2/c1-14-2-10-19(17-7-5-16(6-8-17)15-3-4-15)22(14)18-9-11-20-21(12-18)24-13-23-20/h2,5-12,15H,3-4,13H2,1H3. The Morgan fingerprint density at radius 3 is 2.46 bits per heavy atom. The van der Waals surface area contributed by atoms with E-state index in [-0.39, 0.29) is 0 Å². The Morgan fingerprint density at radius 2 is 1.67 bits per heavy atom. The highest BCUT2D eigenvalue weighted by molar-refractivity contribution is 5.65. The maximum atomic E-state index is 5.54. The summed E-state index contributed by atoms with van der Waals surface area (Å²) in [5, 5.41) is 0. The molecule has 0 spiro atoms. The summed E-state index contributed by atoms with van der Waals surface area (Å²) < 4.78 is 13.2. The van der Waals surface area contributed by atoms with Crippen LogP contribution in [-0.2, 0) is 0 Å². The predicted octanol–water partition coefficient (Wildman–Crippen LogP) is 5.06. The molecule has 0 unspecified atom stereocenters. The summed E-state index contributed by atoms with van der Waals surface area (Å²) in [5.41, 5.74) is 6.22. The van der Waals surface area contributed by atoms with Gasteiger partial charge in [0.25, 0.3) is 0 Å². The van der Waals surface area contributed by atoms with E-state index < -0.39 is 0 Å². The van der Waals surface area contributed by atoms with Gasteiger partial charge < -0.3 is 14.0 Å². The van der Waals surface area contributed by atoms with E-state index in [1.165, 1.54) is 35.4 Å². The van der Waals surface area contributed by atoms with E-state index in [4.69, 9.17) is 9.47 Å². The fourth-order valence-corrected chi connectivity index (χ4v) is 3.47. The van der Waals surface area contributed by atoms with Crippen molar-refractivity contribution in [3.8, 4) is 28.4 Å². The second kappa shape index (κ2) is 5.17. The minimum absolute atomic E-state index is 0.304. The first-order valence-corrected chi connectivity index (χ1v) is 8.48. The largest absolute Gasteiger partial charge is 0.454 e. The Bertz CT molecular complexity index is 904. The number of aryl methyl sites for hydroxylation is 1. The summed E-state index contributed by atoms with van der Waals surface area (Å²) >= 11 is 0. The number of rotatable bonds is 3. The van der Waals surface area contributed by atoms with Crippen LogP contribution in [0, 0.1) is 6.92 Å². The molecule has 0 atom stereocenters. The van der Waals surface area contributed by atoms with Gasteiger partial charge in [0.15, 0.2) is 11.5 Å². The van der Waals surface area contributed by atoms with Gasteiger partial charge in [0.1, 0.15) is 0 Å². The van der Waals surface area contributed by atoms with Crippen molar-refractivity contribution in [1.29, 1.82) is 0 Å². The van der Waals surface area contributed by atoms with E-state index >= 15 is 0 Å². The molecule has 0 amide bonds. The first-order valence-electron chi connectivity index (χ1n) is 8.48. The third-order valence-corrected chi connectivity index (χ3v) is 4.95. The van der Waals surface area contributed by atoms with Crippen molar-refractivity contribution in [1.82, 2.24) is 4.57 Å². The maximum absolute atomic E-state index is 5.54. The smallest absolute Gasteiger partial charge is 0.231 e. The lowest BCUT2D eigenvalue weighted by Gasteiger charge is -2.13. The average molecular weight is 317 g/mol. The van der Waals surface area contributed by atoms with Gasteiger partial charge in [0.05, 0.1) is 5.69 Å². The van der Waals surface area contributed by atoms with Gasteiger partial charge in [0.2, 0.25) is 6.79 Å². The van der Waals surface area contributed by atoms with Crippen LogP contribution in [0.3, 0.4) is 0 Å². The quantitative estimate of drug-likeness (QED) is 0.674. The van der Waals surface area contributed by atoms with Gasteiger partial charge >= 0.3 is 0 Å². The zero-order valence-corrected chi connectivity index (χ0v) is 13.7. The van der Waals surface area contributed by atoms with Gasteiger partial charge in [-0.3, -0.25) is 0 Å². The van der Waals surface area contributed by atoms with Crippen molar-refractivity contribution < 1.29 is 9.47 Å². The van der Waals surface area contributed by atoms with Crippen molar-refractivity contribution in [3.63, 3.8) is 0 Å². The normalized spacial score (nSPS) is 15.7. The molecule has 0 N–H and O–H groups in total. The molecule has 120 valence electrons. The Balaban J connectivity index is 1.58. The second-order valence-corrected chi connectivity index (χ2v) is 6.63. The first kappa shape index (κ1) is 13.7. The number of ether oxygens (including phenoxy) is 2. The lowest BCUT2D eigenvalue weighted by atomic mass is 10.1. The van der Waals surface area contributed by atoms with Crippen molar-refractivity contribution in [3.05, 3.63) is 65.9 Å². The molecule has 0 saturated heterocycles. The molecule has 3 heteroatoms. The highest BCUT2D eigenvalue weighted by Crippen LogP contribution is 2.41. The van der Waals surface area contributed by atoms with Crippen molar-refractivity contribution in [2.24, 2.45) is 0 Å². The average Bonchev–Trinajstić information content (AvgIpc) is 3.23. The number of hydrogen-bond donors (Lipinski definition) is 0. The van der Waals surface area contributed by atoms with Crippen molar-refractivity contribution in [2.45, 2.75) is 25.7 Å². The molecular formula is C21H19NO2. The van der Waals surface area contributed by atoms with Gasteiger partial charge in [0, 0.05) is 17.4 Å². The minimum atomic E-state index is 0.304. The van der Waals surface area contributed by atoms with Crippen LogP contribution in [0.1, 0.15) is 30.0 Å². The molecule has 0 radical (unpaired) electrons. The fraction of sp³-hybridized carbons (Fsp3) is 0.238. The molecule has 5 rings (SSSR count). The highest BCUT2D eigenvalue weighted by atomic mass is 16.7. The van der Waals surface area contributed by atoms with Gasteiger partial charge in [-0.1, -0.05) is 24.3 Å². The molecule has 2 aromatic carbocycles. The summed E-state index contributed by atoms with van der Waals surface area (Å²) in [4.78, 5) is 0. The third kappa shape index (κ3) is 2.20. The van der Waals surface area contributed by atoms with E-state index in [9.17, 15) is 0 Å². The number of hydrogen-bond acceptors (Lipinski definition) is 2. The Hall–Kier alpha value is -2.68. The zero-order chi connectivity index (χ0) is 16.1. The van der Waals surface area contributed by atoms with E-state index in [0.29, 0.717) is 6.79 Å². The Labute approximate surface area is 141 Å². The summed E-state index contributed by atoms with van der Waals surface area (Å²) in [6.45, 7) is 2.44. The molecule has 3 aromatic rings. The van der Waals surface area contributed by atoms with Gasteiger partial charge in [-0.05, 0) is 61.1 Å². The lowest BCUT2D eigenvalue weighted by Crippen LogP contribution is -1.99. The van der Waals surface area contributed by atoms with Crippen LogP contribution in [0.25, 0.3) is 16.9 Å². The van der Waals surface area contributed by atoms with Gasteiger partial charge in [-0.15, -0.1) is 0 Å². The topological polar surface area (TPSA) is 23.4 Å². The molecule has 24 heavy (non-hydrogen) atoms. The molecule has 1 aromatic heterocycles. The van der Waals surface area contributed by atoms with Crippen LogP contribution in [0.2, 0.25) is 0 Å². The highest BCUT2D eigenvalue weighted by Gasteiger charge is 2.23. The van der Waals surface area contributed by atoms with Crippen molar-refractivity contribution in [2.75, 3.05) is 6.79 Å². The summed E-state index contributed by atoms with van der Waals surface area (Å²) in [6, 6.07) is 19.5. The number of fused-ring (bicyclic) bond motifs is 1. The molecule has 1 aliphatic heterocycles. The SMILES string of the molecule is Cc1ccc(-c2ccc(C3CC3)cc2)n1-c1ccc2c(c1)OCO2. The van der Waals surface area contributed by atoms with Gasteiger partial charge in [-0.25, -0.2) is 0 Å². The number of benzene rings is 2. The number of aromatic nitrogens is 1. The summed E-state index contributed by atoms with van der Waals surface area (Å²) in [6.07, 6.45) is 2.68. The van der Waals surface area contributed by atoms with E-state index in [0.717, 1.165) is 23.1 Å². The molecule has 1 fully saturated rings. The van der Waals surface area contributed by atoms with E-state index in [1.807, 2.05) is 6.07 Å². The molecule has 0 bridgehead atoms. The van der Waals surface area contributed by atoms with Crippen LogP contribution in [0.4, 0.5) is 0 Å². The minimum Gasteiger partial charge on any atom is -0.454 e. The summed E-state index contributed by atoms with van der Waals surface area (Å²) in [5.74, 6) is 2.43. The monoisotopic (exact) mass is 317 g/mol. The lowest BCUT2D eigenvalue weighted by molar-refractivity contribution is 0.174. The van der Waals surface area contributed by atoms with E-state index in [2.05, 4.69) is 60.0 Å². The Morgan fingerprint density at radius 1 is 0.875 bits per heavy atom. The number of nitrogens with zero attached hydrogens (tertiary/aromatic N) is 1.